The fourth-order valence-corrected chi connectivity index (χ4v) is 3.93. The van der Waals surface area contributed by atoms with E-state index in [1.54, 1.807) is 0 Å². The van der Waals surface area contributed by atoms with Crippen LogP contribution < -0.4 is 15.4 Å². The molecule has 33 heavy (non-hydrogen) atoms. The number of rotatable bonds is 8. The third-order valence-corrected chi connectivity index (χ3v) is 5.80. The normalized spacial score (nSPS) is 15.9. The number of benzene rings is 3. The van der Waals surface area contributed by atoms with Crippen molar-refractivity contribution >= 4 is 11.6 Å². The SMILES string of the molecule is CC(C)c1ccc(OCc2ccccc2)c(C(=O)Nc2cccc(CC3CNCCO3)c2)c1. The number of ether oxygens (including phenoxy) is 2. The summed E-state index contributed by atoms with van der Waals surface area (Å²) < 4.78 is 11.9. The van der Waals surface area contributed by atoms with Gasteiger partial charge in [-0.25, -0.2) is 0 Å². The van der Waals surface area contributed by atoms with E-state index in [2.05, 4.69) is 30.5 Å². The highest BCUT2D eigenvalue weighted by Crippen LogP contribution is 2.26. The molecule has 1 heterocycles. The summed E-state index contributed by atoms with van der Waals surface area (Å²) in [6.45, 7) is 7.13. The molecule has 5 nitrogen and oxygen atoms in total. The first-order valence-electron chi connectivity index (χ1n) is 11.6. The third kappa shape index (κ3) is 6.44. The first-order chi connectivity index (χ1) is 16.1. The Labute approximate surface area is 196 Å². The summed E-state index contributed by atoms with van der Waals surface area (Å²) in [4.78, 5) is 13.3. The first-order valence-corrected chi connectivity index (χ1v) is 11.6. The van der Waals surface area contributed by atoms with Crippen molar-refractivity contribution in [1.82, 2.24) is 5.32 Å². The predicted molar refractivity (Wildman–Crippen MR) is 132 cm³/mol. The van der Waals surface area contributed by atoms with Crippen LogP contribution in [0.1, 0.15) is 46.8 Å². The molecule has 1 amide bonds. The lowest BCUT2D eigenvalue weighted by molar-refractivity contribution is 0.0292. The Balaban J connectivity index is 1.50. The molecule has 0 aliphatic carbocycles. The number of hydrogen-bond acceptors (Lipinski definition) is 4. The Kier molecular flexibility index (Phi) is 7.76. The van der Waals surface area contributed by atoms with Crippen LogP contribution in [0.4, 0.5) is 5.69 Å². The van der Waals surface area contributed by atoms with Gasteiger partial charge >= 0.3 is 0 Å². The molecule has 1 aliphatic heterocycles. The van der Waals surface area contributed by atoms with Gasteiger partial charge in [0, 0.05) is 18.8 Å². The lowest BCUT2D eigenvalue weighted by Crippen LogP contribution is -2.39. The van der Waals surface area contributed by atoms with Gasteiger partial charge in [0.15, 0.2) is 0 Å². The molecule has 1 aliphatic rings. The van der Waals surface area contributed by atoms with Gasteiger partial charge in [0.2, 0.25) is 0 Å². The van der Waals surface area contributed by atoms with Crippen LogP contribution in [0.3, 0.4) is 0 Å². The molecule has 0 aromatic heterocycles. The van der Waals surface area contributed by atoms with Crippen molar-refractivity contribution in [1.29, 1.82) is 0 Å². The molecular formula is C28H32N2O3. The third-order valence-electron chi connectivity index (χ3n) is 5.80. The lowest BCUT2D eigenvalue weighted by atomic mass is 9.99. The maximum Gasteiger partial charge on any atom is 0.259 e. The lowest BCUT2D eigenvalue weighted by Gasteiger charge is -2.23. The Morgan fingerprint density at radius 1 is 1.06 bits per heavy atom. The van der Waals surface area contributed by atoms with Crippen molar-refractivity contribution in [3.05, 3.63) is 95.1 Å². The second kappa shape index (κ2) is 11.1. The van der Waals surface area contributed by atoms with Crippen LogP contribution in [0, 0.1) is 0 Å². The molecule has 0 bridgehead atoms. The van der Waals surface area contributed by atoms with Gasteiger partial charge in [0.05, 0.1) is 18.3 Å². The number of carbonyl (C=O) groups excluding carboxylic acids is 1. The fraction of sp³-hybridized carbons (Fsp3) is 0.321. The van der Waals surface area contributed by atoms with Crippen LogP contribution in [-0.4, -0.2) is 31.7 Å². The van der Waals surface area contributed by atoms with Gasteiger partial charge in [0.25, 0.3) is 5.91 Å². The largest absolute Gasteiger partial charge is 0.488 e. The van der Waals surface area contributed by atoms with Crippen molar-refractivity contribution in [3.8, 4) is 5.75 Å². The van der Waals surface area contributed by atoms with E-state index < -0.39 is 0 Å². The number of carbonyl (C=O) groups is 1. The minimum absolute atomic E-state index is 0.158. The Morgan fingerprint density at radius 3 is 2.64 bits per heavy atom. The highest BCUT2D eigenvalue weighted by Gasteiger charge is 2.17. The molecule has 1 fully saturated rings. The molecule has 5 heteroatoms. The summed E-state index contributed by atoms with van der Waals surface area (Å²) in [5, 5.41) is 6.42. The fourth-order valence-electron chi connectivity index (χ4n) is 3.93. The van der Waals surface area contributed by atoms with E-state index in [1.807, 2.05) is 66.7 Å². The predicted octanol–water partition coefficient (Wildman–Crippen LogP) is 5.17. The van der Waals surface area contributed by atoms with Gasteiger partial charge in [0.1, 0.15) is 12.4 Å². The van der Waals surface area contributed by atoms with Crippen molar-refractivity contribution in [3.63, 3.8) is 0 Å². The molecule has 1 saturated heterocycles. The van der Waals surface area contributed by atoms with Crippen LogP contribution in [0.5, 0.6) is 5.75 Å². The maximum absolute atomic E-state index is 13.3. The summed E-state index contributed by atoms with van der Waals surface area (Å²) in [5.74, 6) is 0.721. The van der Waals surface area contributed by atoms with Gasteiger partial charge in [-0.15, -0.1) is 0 Å². The number of hydrogen-bond donors (Lipinski definition) is 2. The summed E-state index contributed by atoms with van der Waals surface area (Å²) in [5.41, 5.74) is 4.61. The average molecular weight is 445 g/mol. The van der Waals surface area contributed by atoms with Crippen LogP contribution >= 0.6 is 0 Å². The summed E-state index contributed by atoms with van der Waals surface area (Å²) >= 11 is 0. The summed E-state index contributed by atoms with van der Waals surface area (Å²) in [6.07, 6.45) is 0.968. The highest BCUT2D eigenvalue weighted by atomic mass is 16.5. The molecule has 4 rings (SSSR count). The Bertz CT molecular complexity index is 1060. The molecule has 0 radical (unpaired) electrons. The van der Waals surface area contributed by atoms with E-state index in [0.717, 1.165) is 48.5 Å². The van der Waals surface area contributed by atoms with E-state index in [0.29, 0.717) is 23.8 Å². The quantitative estimate of drug-likeness (QED) is 0.503. The highest BCUT2D eigenvalue weighted by molar-refractivity contribution is 6.06. The summed E-state index contributed by atoms with van der Waals surface area (Å²) in [7, 11) is 0. The van der Waals surface area contributed by atoms with Gasteiger partial charge < -0.3 is 20.1 Å². The molecule has 172 valence electrons. The van der Waals surface area contributed by atoms with Gasteiger partial charge in [-0.3, -0.25) is 4.79 Å². The molecule has 0 spiro atoms. The molecule has 0 saturated carbocycles. The number of morpholine rings is 1. The Hall–Kier alpha value is -3.15. The zero-order chi connectivity index (χ0) is 23.0. The van der Waals surface area contributed by atoms with Crippen molar-refractivity contribution in [2.24, 2.45) is 0 Å². The van der Waals surface area contributed by atoms with Crippen molar-refractivity contribution < 1.29 is 14.3 Å². The molecule has 2 N–H and O–H groups in total. The van der Waals surface area contributed by atoms with E-state index in [-0.39, 0.29) is 12.0 Å². The standard InChI is InChI=1S/C28H32N2O3/c1-20(2)23-11-12-27(33-19-21-7-4-3-5-8-21)26(17-23)28(31)30-24-10-6-9-22(15-24)16-25-18-29-13-14-32-25/h3-12,15,17,20,25,29H,13-14,16,18-19H2,1-2H3,(H,30,31). The van der Waals surface area contributed by atoms with Crippen molar-refractivity contribution in [2.75, 3.05) is 25.0 Å². The molecule has 1 unspecified atom stereocenters. The second-order valence-corrected chi connectivity index (χ2v) is 8.74. The monoisotopic (exact) mass is 444 g/mol. The van der Waals surface area contributed by atoms with Crippen LogP contribution in [0.2, 0.25) is 0 Å². The summed E-state index contributed by atoms with van der Waals surface area (Å²) in [6, 6.07) is 23.8. The minimum Gasteiger partial charge on any atom is -0.488 e. The van der Waals surface area contributed by atoms with Gasteiger partial charge in [-0.1, -0.05) is 62.4 Å². The second-order valence-electron chi connectivity index (χ2n) is 8.74. The Morgan fingerprint density at radius 2 is 1.88 bits per heavy atom. The zero-order valence-electron chi connectivity index (χ0n) is 19.3. The van der Waals surface area contributed by atoms with Crippen LogP contribution in [-0.2, 0) is 17.8 Å². The average Bonchev–Trinajstić information content (AvgIpc) is 2.84. The number of anilines is 1. The molecule has 1 atom stereocenters. The minimum atomic E-state index is -0.173. The molecule has 3 aromatic carbocycles. The number of amides is 1. The topological polar surface area (TPSA) is 59.6 Å². The van der Waals surface area contributed by atoms with Gasteiger partial charge in [-0.2, -0.15) is 0 Å². The van der Waals surface area contributed by atoms with Crippen LogP contribution in [0.15, 0.2) is 72.8 Å². The van der Waals surface area contributed by atoms with Gasteiger partial charge in [-0.05, 0) is 53.3 Å². The maximum atomic E-state index is 13.3. The van der Waals surface area contributed by atoms with E-state index in [9.17, 15) is 4.79 Å². The zero-order valence-corrected chi connectivity index (χ0v) is 19.3. The first kappa shape index (κ1) is 23.0. The van der Waals surface area contributed by atoms with E-state index >= 15 is 0 Å². The number of nitrogens with one attached hydrogen (secondary N) is 2. The van der Waals surface area contributed by atoms with E-state index in [4.69, 9.17) is 9.47 Å². The molecule has 3 aromatic rings. The van der Waals surface area contributed by atoms with Crippen LogP contribution in [0.25, 0.3) is 0 Å². The smallest absolute Gasteiger partial charge is 0.259 e. The van der Waals surface area contributed by atoms with E-state index in [1.165, 1.54) is 0 Å². The van der Waals surface area contributed by atoms with Crippen molar-refractivity contribution in [2.45, 2.75) is 38.9 Å². The molecular weight excluding hydrogens is 412 g/mol.